The van der Waals surface area contributed by atoms with E-state index < -0.39 is 16.1 Å². The SMILES string of the molecule is Cc1cc(C)cc(S(=O)(=O)N2CCn3cc(CC(=O)N4CCOCC4)nc3[C@@H]2C)c1. The largest absolute Gasteiger partial charge is 0.378 e. The van der Waals surface area contributed by atoms with E-state index in [0.29, 0.717) is 55.8 Å². The Kier molecular flexibility index (Phi) is 5.69. The molecule has 0 spiro atoms. The standard InChI is InChI=1S/C21H28N4O4S/c1-15-10-16(2)12-19(11-15)30(27,28)25-5-4-24-14-18(22-21(24)17(25)3)13-20(26)23-6-8-29-9-7-23/h10-12,14,17H,4-9,13H2,1-3H3/t17-/m0/s1. The number of aryl methyl sites for hydroxylation is 2. The van der Waals surface area contributed by atoms with E-state index >= 15 is 0 Å². The fraction of sp³-hybridized carbons (Fsp3) is 0.524. The summed E-state index contributed by atoms with van der Waals surface area (Å²) in [6.07, 6.45) is 2.10. The van der Waals surface area contributed by atoms with Crippen molar-refractivity contribution in [2.24, 2.45) is 0 Å². The van der Waals surface area contributed by atoms with Crippen LogP contribution in [0.3, 0.4) is 0 Å². The smallest absolute Gasteiger partial charge is 0.243 e. The van der Waals surface area contributed by atoms with Gasteiger partial charge in [0, 0.05) is 32.4 Å². The van der Waals surface area contributed by atoms with E-state index in [1.165, 1.54) is 4.31 Å². The molecule has 0 saturated carbocycles. The van der Waals surface area contributed by atoms with Gasteiger partial charge in [0.25, 0.3) is 0 Å². The number of ether oxygens (including phenoxy) is 1. The molecule has 0 unspecified atom stereocenters. The van der Waals surface area contributed by atoms with Crippen LogP contribution in [0.4, 0.5) is 0 Å². The molecule has 1 saturated heterocycles. The van der Waals surface area contributed by atoms with Crippen molar-refractivity contribution in [3.8, 4) is 0 Å². The molecule has 0 radical (unpaired) electrons. The fourth-order valence-corrected chi connectivity index (χ4v) is 6.01. The number of hydrogen-bond acceptors (Lipinski definition) is 5. The Labute approximate surface area is 177 Å². The summed E-state index contributed by atoms with van der Waals surface area (Å²) in [5.74, 6) is 0.708. The molecule has 1 fully saturated rings. The summed E-state index contributed by atoms with van der Waals surface area (Å²) in [6, 6.07) is 4.98. The molecule has 30 heavy (non-hydrogen) atoms. The minimum Gasteiger partial charge on any atom is -0.378 e. The molecular weight excluding hydrogens is 404 g/mol. The summed E-state index contributed by atoms with van der Waals surface area (Å²) in [7, 11) is -3.64. The highest BCUT2D eigenvalue weighted by Crippen LogP contribution is 2.31. The quantitative estimate of drug-likeness (QED) is 0.734. The van der Waals surface area contributed by atoms with Gasteiger partial charge in [-0.05, 0) is 44.0 Å². The Morgan fingerprint density at radius 2 is 1.77 bits per heavy atom. The molecular formula is C21H28N4O4S. The van der Waals surface area contributed by atoms with Crippen LogP contribution in [0.1, 0.15) is 35.6 Å². The highest BCUT2D eigenvalue weighted by atomic mass is 32.2. The van der Waals surface area contributed by atoms with E-state index in [1.54, 1.807) is 17.0 Å². The lowest BCUT2D eigenvalue weighted by atomic mass is 10.2. The molecule has 1 amide bonds. The molecule has 9 heteroatoms. The predicted molar refractivity (Wildman–Crippen MR) is 112 cm³/mol. The van der Waals surface area contributed by atoms with E-state index in [1.807, 2.05) is 37.6 Å². The molecule has 8 nitrogen and oxygen atoms in total. The van der Waals surface area contributed by atoms with Crippen LogP contribution in [-0.2, 0) is 32.5 Å². The van der Waals surface area contributed by atoms with Gasteiger partial charge in [-0.25, -0.2) is 13.4 Å². The Balaban J connectivity index is 1.55. The molecule has 162 valence electrons. The Morgan fingerprint density at radius 3 is 2.43 bits per heavy atom. The summed E-state index contributed by atoms with van der Waals surface area (Å²) in [6.45, 7) is 8.87. The van der Waals surface area contributed by atoms with Crippen LogP contribution in [0.15, 0.2) is 29.3 Å². The zero-order valence-corrected chi connectivity index (χ0v) is 18.5. The molecule has 2 aliphatic rings. The number of fused-ring (bicyclic) bond motifs is 1. The van der Waals surface area contributed by atoms with Crippen LogP contribution < -0.4 is 0 Å². The van der Waals surface area contributed by atoms with Crippen LogP contribution in [0.25, 0.3) is 0 Å². The number of imidazole rings is 1. The number of aromatic nitrogens is 2. The zero-order chi connectivity index (χ0) is 21.5. The fourth-order valence-electron chi connectivity index (χ4n) is 4.24. The number of carbonyl (C=O) groups excluding carboxylic acids is 1. The van der Waals surface area contributed by atoms with Gasteiger partial charge in [-0.15, -0.1) is 0 Å². The minimum absolute atomic E-state index is 0.0288. The molecule has 0 aliphatic carbocycles. The van der Waals surface area contributed by atoms with Gasteiger partial charge in [-0.1, -0.05) is 6.07 Å². The first-order valence-electron chi connectivity index (χ1n) is 10.3. The van der Waals surface area contributed by atoms with Crippen LogP contribution in [0, 0.1) is 13.8 Å². The number of sulfonamides is 1. The Hall–Kier alpha value is -2.23. The second kappa shape index (κ2) is 8.13. The molecule has 1 aromatic heterocycles. The van der Waals surface area contributed by atoms with Gasteiger partial charge < -0.3 is 14.2 Å². The summed E-state index contributed by atoms with van der Waals surface area (Å²) < 4.78 is 35.4. The van der Waals surface area contributed by atoms with E-state index in [0.717, 1.165) is 11.1 Å². The average Bonchev–Trinajstić information content (AvgIpc) is 3.11. The molecule has 3 heterocycles. The highest BCUT2D eigenvalue weighted by molar-refractivity contribution is 7.89. The molecule has 4 rings (SSSR count). The lowest BCUT2D eigenvalue weighted by Gasteiger charge is -2.32. The van der Waals surface area contributed by atoms with Crippen LogP contribution in [0.5, 0.6) is 0 Å². The van der Waals surface area contributed by atoms with Gasteiger partial charge in [-0.3, -0.25) is 4.79 Å². The maximum Gasteiger partial charge on any atom is 0.243 e. The normalized spacial score (nSPS) is 20.2. The second-order valence-electron chi connectivity index (χ2n) is 8.07. The number of hydrogen-bond donors (Lipinski definition) is 0. The zero-order valence-electron chi connectivity index (χ0n) is 17.7. The Bertz CT molecular complexity index is 1040. The summed E-state index contributed by atoms with van der Waals surface area (Å²) in [5.41, 5.74) is 2.52. The van der Waals surface area contributed by atoms with Crippen molar-refractivity contribution >= 4 is 15.9 Å². The van der Waals surface area contributed by atoms with E-state index in [9.17, 15) is 13.2 Å². The maximum atomic E-state index is 13.3. The van der Waals surface area contributed by atoms with Gasteiger partial charge in [0.15, 0.2) is 0 Å². The number of morpholine rings is 1. The van der Waals surface area contributed by atoms with Gasteiger partial charge >= 0.3 is 0 Å². The lowest BCUT2D eigenvalue weighted by Crippen LogP contribution is -2.41. The van der Waals surface area contributed by atoms with Gasteiger partial charge in [0.1, 0.15) is 5.82 Å². The predicted octanol–water partition coefficient (Wildman–Crippen LogP) is 1.67. The number of benzene rings is 1. The third kappa shape index (κ3) is 4.01. The van der Waals surface area contributed by atoms with Crippen molar-refractivity contribution in [1.82, 2.24) is 18.8 Å². The van der Waals surface area contributed by atoms with Crippen LogP contribution in [-0.4, -0.2) is 65.9 Å². The summed E-state index contributed by atoms with van der Waals surface area (Å²) in [4.78, 5) is 19.3. The van der Waals surface area contributed by atoms with E-state index in [4.69, 9.17) is 4.74 Å². The van der Waals surface area contributed by atoms with Gasteiger partial charge in [0.05, 0.1) is 36.3 Å². The topological polar surface area (TPSA) is 84.7 Å². The van der Waals surface area contributed by atoms with Crippen molar-refractivity contribution in [3.63, 3.8) is 0 Å². The van der Waals surface area contributed by atoms with Crippen molar-refractivity contribution in [2.45, 2.75) is 44.7 Å². The second-order valence-corrected chi connectivity index (χ2v) is 9.96. The van der Waals surface area contributed by atoms with Crippen molar-refractivity contribution in [1.29, 1.82) is 0 Å². The van der Waals surface area contributed by atoms with E-state index in [-0.39, 0.29) is 12.3 Å². The summed E-state index contributed by atoms with van der Waals surface area (Å²) in [5, 5.41) is 0. The molecule has 0 N–H and O–H groups in total. The Morgan fingerprint density at radius 1 is 1.10 bits per heavy atom. The first-order chi connectivity index (χ1) is 14.3. The van der Waals surface area contributed by atoms with Crippen molar-refractivity contribution < 1.29 is 17.9 Å². The summed E-state index contributed by atoms with van der Waals surface area (Å²) >= 11 is 0. The van der Waals surface area contributed by atoms with E-state index in [2.05, 4.69) is 4.98 Å². The first kappa shape index (κ1) is 21.0. The number of carbonyl (C=O) groups is 1. The molecule has 2 aliphatic heterocycles. The molecule has 2 aromatic rings. The number of rotatable bonds is 4. The highest BCUT2D eigenvalue weighted by Gasteiger charge is 2.36. The molecule has 1 atom stereocenters. The van der Waals surface area contributed by atoms with Crippen molar-refractivity contribution in [3.05, 3.63) is 47.0 Å². The molecule has 1 aromatic carbocycles. The lowest BCUT2D eigenvalue weighted by molar-refractivity contribution is -0.134. The van der Waals surface area contributed by atoms with Gasteiger partial charge in [0.2, 0.25) is 15.9 Å². The number of amides is 1. The maximum absolute atomic E-state index is 13.3. The number of nitrogens with zero attached hydrogens (tertiary/aromatic N) is 4. The van der Waals surface area contributed by atoms with Crippen LogP contribution in [0.2, 0.25) is 0 Å². The first-order valence-corrected chi connectivity index (χ1v) is 11.7. The minimum atomic E-state index is -3.64. The van der Waals surface area contributed by atoms with Crippen LogP contribution >= 0.6 is 0 Å². The van der Waals surface area contributed by atoms with Gasteiger partial charge in [-0.2, -0.15) is 4.31 Å². The average molecular weight is 433 g/mol. The third-order valence-corrected chi connectivity index (χ3v) is 7.67. The monoisotopic (exact) mass is 432 g/mol. The third-order valence-electron chi connectivity index (χ3n) is 5.72. The van der Waals surface area contributed by atoms with Crippen molar-refractivity contribution in [2.75, 3.05) is 32.8 Å². The molecule has 0 bridgehead atoms.